The van der Waals surface area contributed by atoms with E-state index in [1.54, 1.807) is 0 Å². The van der Waals surface area contributed by atoms with Crippen molar-refractivity contribution < 1.29 is 4.79 Å². The molecule has 0 aromatic rings. The number of aldehydes is 1. The molecule has 0 amide bonds. The number of rotatable bonds is 7. The molecule has 0 spiro atoms. The lowest BCUT2D eigenvalue weighted by atomic mass is 9.76. The number of hydrogen-bond donors (Lipinski definition) is 0. The first-order valence-corrected chi connectivity index (χ1v) is 6.33. The van der Waals surface area contributed by atoms with Crippen molar-refractivity contribution in [2.24, 2.45) is 29.6 Å². The average Bonchev–Trinajstić information content (AvgIpc) is 2.01. The lowest BCUT2D eigenvalue weighted by Gasteiger charge is -2.28. The molecule has 1 heteroatoms. The second kappa shape index (κ2) is 7.03. The summed E-state index contributed by atoms with van der Waals surface area (Å²) in [6, 6.07) is 0. The molecule has 0 aliphatic rings. The first-order valence-electron chi connectivity index (χ1n) is 6.33. The average molecular weight is 212 g/mol. The van der Waals surface area contributed by atoms with Crippen LogP contribution >= 0.6 is 0 Å². The second-order valence-electron chi connectivity index (χ2n) is 5.98. The van der Waals surface area contributed by atoms with E-state index in [9.17, 15) is 4.79 Å². The van der Waals surface area contributed by atoms with Crippen molar-refractivity contribution in [3.8, 4) is 0 Å². The van der Waals surface area contributed by atoms with E-state index >= 15 is 0 Å². The van der Waals surface area contributed by atoms with Gasteiger partial charge in [0.15, 0.2) is 0 Å². The molecule has 0 bridgehead atoms. The lowest BCUT2D eigenvalue weighted by molar-refractivity contribution is -0.114. The summed E-state index contributed by atoms with van der Waals surface area (Å²) in [7, 11) is 0. The molecule has 0 aliphatic heterocycles. The van der Waals surface area contributed by atoms with Crippen LogP contribution < -0.4 is 0 Å². The van der Waals surface area contributed by atoms with E-state index < -0.39 is 0 Å². The fourth-order valence-corrected chi connectivity index (χ4v) is 2.43. The molecule has 0 aromatic carbocycles. The Morgan fingerprint density at radius 3 is 1.47 bits per heavy atom. The Balaban J connectivity index is 4.50. The van der Waals surface area contributed by atoms with Gasteiger partial charge in [0.1, 0.15) is 6.29 Å². The van der Waals surface area contributed by atoms with Crippen molar-refractivity contribution in [2.75, 3.05) is 0 Å². The van der Waals surface area contributed by atoms with Crippen molar-refractivity contribution in [2.45, 2.75) is 54.4 Å². The zero-order valence-corrected chi connectivity index (χ0v) is 11.3. The number of carbonyl (C=O) groups excluding carboxylic acids is 1. The van der Waals surface area contributed by atoms with Gasteiger partial charge in [-0.15, -0.1) is 0 Å². The van der Waals surface area contributed by atoms with Crippen molar-refractivity contribution >= 4 is 6.29 Å². The van der Waals surface area contributed by atoms with E-state index in [1.165, 1.54) is 19.1 Å². The summed E-state index contributed by atoms with van der Waals surface area (Å²) in [5.74, 6) is 2.67. The molecule has 0 aromatic heterocycles. The zero-order valence-electron chi connectivity index (χ0n) is 11.3. The van der Waals surface area contributed by atoms with Gasteiger partial charge >= 0.3 is 0 Å². The van der Waals surface area contributed by atoms with Crippen molar-refractivity contribution in [3.05, 3.63) is 0 Å². The Morgan fingerprint density at radius 1 is 0.867 bits per heavy atom. The van der Waals surface area contributed by atoms with Crippen LogP contribution in [0.15, 0.2) is 0 Å². The van der Waals surface area contributed by atoms with Crippen LogP contribution in [-0.4, -0.2) is 6.29 Å². The first-order chi connectivity index (χ1) is 6.88. The molecular formula is C14H28O. The van der Waals surface area contributed by atoms with Crippen LogP contribution in [0.5, 0.6) is 0 Å². The first kappa shape index (κ1) is 14.7. The monoisotopic (exact) mass is 212 g/mol. The van der Waals surface area contributed by atoms with Crippen LogP contribution in [0.3, 0.4) is 0 Å². The van der Waals surface area contributed by atoms with Gasteiger partial charge in [0.05, 0.1) is 0 Å². The molecule has 15 heavy (non-hydrogen) atoms. The molecule has 0 saturated heterocycles. The van der Waals surface area contributed by atoms with Gasteiger partial charge in [-0.05, 0) is 36.5 Å². The highest BCUT2D eigenvalue weighted by molar-refractivity contribution is 5.54. The largest absolute Gasteiger partial charge is 0.303 e. The van der Waals surface area contributed by atoms with Gasteiger partial charge in [-0.25, -0.2) is 0 Å². The molecule has 0 rings (SSSR count). The van der Waals surface area contributed by atoms with Crippen LogP contribution in [-0.2, 0) is 4.79 Å². The van der Waals surface area contributed by atoms with E-state index in [4.69, 9.17) is 0 Å². The molecule has 1 atom stereocenters. The summed E-state index contributed by atoms with van der Waals surface area (Å²) in [4.78, 5) is 11.2. The number of hydrogen-bond acceptors (Lipinski definition) is 1. The van der Waals surface area contributed by atoms with E-state index in [1.807, 2.05) is 0 Å². The SMILES string of the molecule is CC(C)CC(CC(C)C)C(C=O)C(C)C. The van der Waals surface area contributed by atoms with Crippen LogP contribution in [0, 0.1) is 29.6 Å². The molecule has 1 nitrogen and oxygen atoms in total. The van der Waals surface area contributed by atoms with E-state index in [0.717, 1.165) is 0 Å². The summed E-state index contributed by atoms with van der Waals surface area (Å²) in [5.41, 5.74) is 0. The van der Waals surface area contributed by atoms with Crippen molar-refractivity contribution in [1.29, 1.82) is 0 Å². The van der Waals surface area contributed by atoms with Gasteiger partial charge in [-0.2, -0.15) is 0 Å². The predicted molar refractivity (Wildman–Crippen MR) is 66.8 cm³/mol. The van der Waals surface area contributed by atoms with Crippen LogP contribution in [0.1, 0.15) is 54.4 Å². The Morgan fingerprint density at radius 2 is 1.27 bits per heavy atom. The third kappa shape index (κ3) is 5.96. The highest BCUT2D eigenvalue weighted by Crippen LogP contribution is 2.30. The zero-order chi connectivity index (χ0) is 12.0. The van der Waals surface area contributed by atoms with Gasteiger partial charge in [0, 0.05) is 5.92 Å². The van der Waals surface area contributed by atoms with Gasteiger partial charge in [0.25, 0.3) is 0 Å². The maximum absolute atomic E-state index is 11.2. The maximum Gasteiger partial charge on any atom is 0.123 e. The molecule has 0 fully saturated rings. The minimum atomic E-state index is 0.245. The van der Waals surface area contributed by atoms with Crippen LogP contribution in [0.4, 0.5) is 0 Å². The molecule has 0 heterocycles. The fraction of sp³-hybridized carbons (Fsp3) is 0.929. The Hall–Kier alpha value is -0.330. The minimum absolute atomic E-state index is 0.245. The van der Waals surface area contributed by atoms with Gasteiger partial charge in [0.2, 0.25) is 0 Å². The maximum atomic E-state index is 11.2. The molecule has 0 aliphatic carbocycles. The third-order valence-corrected chi connectivity index (χ3v) is 3.02. The quantitative estimate of drug-likeness (QED) is 0.579. The molecular weight excluding hydrogens is 184 g/mol. The minimum Gasteiger partial charge on any atom is -0.303 e. The van der Waals surface area contributed by atoms with E-state index in [2.05, 4.69) is 41.5 Å². The summed E-state index contributed by atoms with van der Waals surface area (Å²) < 4.78 is 0. The summed E-state index contributed by atoms with van der Waals surface area (Å²) in [5, 5.41) is 0. The smallest absolute Gasteiger partial charge is 0.123 e. The third-order valence-electron chi connectivity index (χ3n) is 3.02. The molecule has 0 saturated carbocycles. The number of carbonyl (C=O) groups is 1. The van der Waals surface area contributed by atoms with Crippen molar-refractivity contribution in [3.63, 3.8) is 0 Å². The highest BCUT2D eigenvalue weighted by atomic mass is 16.1. The normalized spacial score (nSPS) is 14.3. The summed E-state index contributed by atoms with van der Waals surface area (Å²) in [6.07, 6.45) is 3.54. The molecule has 1 unspecified atom stereocenters. The lowest BCUT2D eigenvalue weighted by Crippen LogP contribution is -2.24. The van der Waals surface area contributed by atoms with Crippen LogP contribution in [0.2, 0.25) is 0 Å². The van der Waals surface area contributed by atoms with Gasteiger partial charge < -0.3 is 4.79 Å². The van der Waals surface area contributed by atoms with Crippen LogP contribution in [0.25, 0.3) is 0 Å². The molecule has 90 valence electrons. The molecule has 0 N–H and O–H groups in total. The van der Waals surface area contributed by atoms with Gasteiger partial charge in [-0.3, -0.25) is 0 Å². The van der Waals surface area contributed by atoms with Crippen molar-refractivity contribution in [1.82, 2.24) is 0 Å². The van der Waals surface area contributed by atoms with E-state index in [0.29, 0.717) is 23.7 Å². The highest BCUT2D eigenvalue weighted by Gasteiger charge is 2.25. The summed E-state index contributed by atoms with van der Waals surface area (Å²) in [6.45, 7) is 13.3. The predicted octanol–water partition coefficient (Wildman–Crippen LogP) is 4.17. The Kier molecular flexibility index (Phi) is 6.87. The van der Waals surface area contributed by atoms with E-state index in [-0.39, 0.29) is 5.92 Å². The molecule has 0 radical (unpaired) electrons. The fourth-order valence-electron chi connectivity index (χ4n) is 2.43. The Bertz CT molecular complexity index is 160. The summed E-state index contributed by atoms with van der Waals surface area (Å²) >= 11 is 0. The Labute approximate surface area is 95.6 Å². The topological polar surface area (TPSA) is 17.1 Å². The standard InChI is InChI=1S/C14H28O/c1-10(2)7-13(8-11(3)4)14(9-15)12(5)6/h9-14H,7-8H2,1-6H3. The van der Waals surface area contributed by atoms with Gasteiger partial charge in [-0.1, -0.05) is 41.5 Å². The second-order valence-corrected chi connectivity index (χ2v) is 5.98.